The Morgan fingerprint density at radius 3 is 2.41 bits per heavy atom. The van der Waals surface area contributed by atoms with Gasteiger partial charge in [-0.1, -0.05) is 29.8 Å². The van der Waals surface area contributed by atoms with Crippen LogP contribution in [0, 0.1) is 6.92 Å². The van der Waals surface area contributed by atoms with Crippen molar-refractivity contribution in [1.29, 1.82) is 0 Å². The number of hydrogen-bond donors (Lipinski definition) is 1. The van der Waals surface area contributed by atoms with Crippen molar-refractivity contribution >= 4 is 21.8 Å². The molecule has 0 aliphatic carbocycles. The summed E-state index contributed by atoms with van der Waals surface area (Å²) in [6, 6.07) is 23.2. The van der Waals surface area contributed by atoms with Gasteiger partial charge in [0.15, 0.2) is 0 Å². The summed E-state index contributed by atoms with van der Waals surface area (Å²) in [4.78, 5) is 0. The third kappa shape index (κ3) is 3.54. The highest BCUT2D eigenvalue weighted by Crippen LogP contribution is 2.32. The highest BCUT2D eigenvalue weighted by Gasteiger charge is 2.11. The Labute approximate surface area is 158 Å². The van der Waals surface area contributed by atoms with Gasteiger partial charge in [0.2, 0.25) is 0 Å². The molecule has 0 radical (unpaired) electrons. The standard InChI is InChI=1S/C23H23NO3/c1-17-6-11-23-21(16-17)20-4-2-3-5-22(20)24(23)18-7-9-19(10-8-18)27-15-14-26-13-12-25/h2-11,16,25H,12-15H2,1H3. The number of hydrogen-bond acceptors (Lipinski definition) is 3. The van der Waals surface area contributed by atoms with Crippen LogP contribution < -0.4 is 4.74 Å². The van der Waals surface area contributed by atoms with E-state index in [0.717, 1.165) is 11.4 Å². The smallest absolute Gasteiger partial charge is 0.119 e. The van der Waals surface area contributed by atoms with E-state index in [9.17, 15) is 0 Å². The van der Waals surface area contributed by atoms with Crippen molar-refractivity contribution < 1.29 is 14.6 Å². The molecule has 0 saturated heterocycles. The molecule has 0 atom stereocenters. The molecule has 0 bridgehead atoms. The lowest BCUT2D eigenvalue weighted by molar-refractivity contribution is 0.0705. The number of aliphatic hydroxyl groups is 1. The van der Waals surface area contributed by atoms with Crippen molar-refractivity contribution in [3.63, 3.8) is 0 Å². The summed E-state index contributed by atoms with van der Waals surface area (Å²) < 4.78 is 13.2. The summed E-state index contributed by atoms with van der Waals surface area (Å²) in [6.45, 7) is 3.44. The van der Waals surface area contributed by atoms with Crippen molar-refractivity contribution in [2.75, 3.05) is 26.4 Å². The average Bonchev–Trinajstić information content (AvgIpc) is 3.02. The molecule has 0 fully saturated rings. The Kier molecular flexibility index (Phi) is 5.10. The minimum atomic E-state index is 0.0347. The van der Waals surface area contributed by atoms with Crippen LogP contribution in [-0.2, 0) is 4.74 Å². The fourth-order valence-corrected chi connectivity index (χ4v) is 3.44. The molecule has 0 saturated carbocycles. The summed E-state index contributed by atoms with van der Waals surface area (Å²) in [5.74, 6) is 0.808. The SMILES string of the molecule is Cc1ccc2c(c1)c1ccccc1n2-c1ccc(OCCOCCO)cc1. The first-order chi connectivity index (χ1) is 13.3. The normalized spacial score (nSPS) is 11.3. The van der Waals surface area contributed by atoms with Crippen LogP contribution in [0.2, 0.25) is 0 Å². The molecule has 3 aromatic carbocycles. The summed E-state index contributed by atoms with van der Waals surface area (Å²) in [5, 5.41) is 11.2. The summed E-state index contributed by atoms with van der Waals surface area (Å²) in [7, 11) is 0. The second-order valence-corrected chi connectivity index (χ2v) is 6.55. The number of aromatic nitrogens is 1. The monoisotopic (exact) mass is 361 g/mol. The van der Waals surface area contributed by atoms with E-state index in [2.05, 4.69) is 66.1 Å². The summed E-state index contributed by atoms with van der Waals surface area (Å²) in [6.07, 6.45) is 0. The maximum Gasteiger partial charge on any atom is 0.119 e. The van der Waals surface area contributed by atoms with Crippen molar-refractivity contribution in [1.82, 2.24) is 4.57 Å². The van der Waals surface area contributed by atoms with Crippen molar-refractivity contribution in [3.05, 3.63) is 72.3 Å². The Morgan fingerprint density at radius 1 is 0.815 bits per heavy atom. The van der Waals surface area contributed by atoms with Crippen LogP contribution in [0.25, 0.3) is 27.5 Å². The van der Waals surface area contributed by atoms with E-state index in [1.807, 2.05) is 12.1 Å². The summed E-state index contributed by atoms with van der Waals surface area (Å²) in [5.41, 5.74) is 4.77. The van der Waals surface area contributed by atoms with Gasteiger partial charge in [-0.25, -0.2) is 0 Å². The minimum absolute atomic E-state index is 0.0347. The maximum atomic E-state index is 8.70. The predicted molar refractivity (Wildman–Crippen MR) is 109 cm³/mol. The van der Waals surface area contributed by atoms with Crippen molar-refractivity contribution in [2.24, 2.45) is 0 Å². The lowest BCUT2D eigenvalue weighted by Gasteiger charge is -2.10. The zero-order chi connectivity index (χ0) is 18.6. The molecule has 4 aromatic rings. The molecule has 0 amide bonds. The van der Waals surface area contributed by atoms with Crippen LogP contribution in [-0.4, -0.2) is 36.1 Å². The fraction of sp³-hybridized carbons (Fsp3) is 0.217. The second-order valence-electron chi connectivity index (χ2n) is 6.55. The zero-order valence-electron chi connectivity index (χ0n) is 15.4. The fourth-order valence-electron chi connectivity index (χ4n) is 3.44. The molecule has 27 heavy (non-hydrogen) atoms. The number of para-hydroxylation sites is 1. The molecule has 138 valence electrons. The van der Waals surface area contributed by atoms with Gasteiger partial charge >= 0.3 is 0 Å². The van der Waals surface area contributed by atoms with Crippen LogP contribution in [0.4, 0.5) is 0 Å². The molecule has 4 rings (SSSR count). The third-order valence-electron chi connectivity index (χ3n) is 4.66. The number of fused-ring (bicyclic) bond motifs is 3. The Bertz CT molecular complexity index is 1050. The van der Waals surface area contributed by atoms with Gasteiger partial charge < -0.3 is 19.1 Å². The van der Waals surface area contributed by atoms with Gasteiger partial charge in [0.05, 0.1) is 30.9 Å². The van der Waals surface area contributed by atoms with Crippen LogP contribution in [0.1, 0.15) is 5.56 Å². The number of aliphatic hydroxyl groups excluding tert-OH is 1. The first-order valence-electron chi connectivity index (χ1n) is 9.19. The zero-order valence-corrected chi connectivity index (χ0v) is 15.4. The highest BCUT2D eigenvalue weighted by atomic mass is 16.5. The van der Waals surface area contributed by atoms with Gasteiger partial charge in [-0.05, 0) is 49.4 Å². The van der Waals surface area contributed by atoms with Gasteiger partial charge in [0, 0.05) is 16.5 Å². The average molecular weight is 361 g/mol. The minimum Gasteiger partial charge on any atom is -0.491 e. The van der Waals surface area contributed by atoms with Gasteiger partial charge in [-0.15, -0.1) is 0 Å². The van der Waals surface area contributed by atoms with E-state index >= 15 is 0 Å². The molecule has 4 nitrogen and oxygen atoms in total. The topological polar surface area (TPSA) is 43.6 Å². The molecule has 1 heterocycles. The Hall–Kier alpha value is -2.82. The third-order valence-corrected chi connectivity index (χ3v) is 4.66. The molecule has 0 aliphatic heterocycles. The molecular formula is C23H23NO3. The predicted octanol–water partition coefficient (Wildman–Crippen LogP) is 4.48. The van der Waals surface area contributed by atoms with Crippen LogP contribution in [0.15, 0.2) is 66.7 Å². The molecule has 1 N–H and O–H groups in total. The van der Waals surface area contributed by atoms with E-state index in [1.54, 1.807) is 0 Å². The Balaban J connectivity index is 1.65. The molecule has 0 unspecified atom stereocenters. The molecule has 1 aromatic heterocycles. The largest absolute Gasteiger partial charge is 0.491 e. The summed E-state index contributed by atoms with van der Waals surface area (Å²) >= 11 is 0. The lowest BCUT2D eigenvalue weighted by atomic mass is 10.1. The first-order valence-corrected chi connectivity index (χ1v) is 9.19. The quantitative estimate of drug-likeness (QED) is 0.494. The Morgan fingerprint density at radius 2 is 1.59 bits per heavy atom. The number of ether oxygens (including phenoxy) is 2. The van der Waals surface area contributed by atoms with E-state index < -0.39 is 0 Å². The van der Waals surface area contributed by atoms with Gasteiger partial charge in [0.1, 0.15) is 12.4 Å². The number of rotatable bonds is 7. The highest BCUT2D eigenvalue weighted by molar-refractivity contribution is 6.09. The van der Waals surface area contributed by atoms with E-state index in [0.29, 0.717) is 19.8 Å². The van der Waals surface area contributed by atoms with E-state index in [1.165, 1.54) is 27.4 Å². The number of aryl methyl sites for hydroxylation is 1. The first kappa shape index (κ1) is 17.6. The lowest BCUT2D eigenvalue weighted by Crippen LogP contribution is -2.09. The van der Waals surface area contributed by atoms with Crippen molar-refractivity contribution in [3.8, 4) is 11.4 Å². The number of nitrogens with zero attached hydrogens (tertiary/aromatic N) is 1. The maximum absolute atomic E-state index is 8.70. The molecule has 0 spiro atoms. The van der Waals surface area contributed by atoms with Crippen LogP contribution >= 0.6 is 0 Å². The van der Waals surface area contributed by atoms with Crippen LogP contribution in [0.5, 0.6) is 5.75 Å². The molecular weight excluding hydrogens is 338 g/mol. The van der Waals surface area contributed by atoms with Crippen LogP contribution in [0.3, 0.4) is 0 Å². The molecule has 4 heteroatoms. The number of benzene rings is 3. The van der Waals surface area contributed by atoms with Crippen molar-refractivity contribution in [2.45, 2.75) is 6.92 Å². The second kappa shape index (κ2) is 7.82. The van der Waals surface area contributed by atoms with E-state index in [4.69, 9.17) is 14.6 Å². The van der Waals surface area contributed by atoms with Gasteiger partial charge in [-0.2, -0.15) is 0 Å². The van der Waals surface area contributed by atoms with Gasteiger partial charge in [0.25, 0.3) is 0 Å². The van der Waals surface area contributed by atoms with E-state index in [-0.39, 0.29) is 6.61 Å². The molecule has 0 aliphatic rings. The van der Waals surface area contributed by atoms with Gasteiger partial charge in [-0.3, -0.25) is 0 Å².